The molecule has 0 aliphatic carbocycles. The van der Waals surface area contributed by atoms with E-state index in [1.807, 2.05) is 6.07 Å². The normalized spacial score (nSPS) is 16.6. The molecule has 1 aromatic carbocycles. The summed E-state index contributed by atoms with van der Waals surface area (Å²) in [5, 5.41) is 0. The van der Waals surface area contributed by atoms with Crippen LogP contribution in [-0.4, -0.2) is 13.2 Å². The number of hydrogen-bond donors (Lipinski definition) is 0. The van der Waals surface area contributed by atoms with Crippen molar-refractivity contribution >= 4 is 27.3 Å². The lowest BCUT2D eigenvalue weighted by Gasteiger charge is -2.07. The molecule has 2 nitrogen and oxygen atoms in total. The molecule has 2 aromatic rings. The third-order valence-electron chi connectivity index (χ3n) is 3.05. The van der Waals surface area contributed by atoms with Crippen LogP contribution in [0.25, 0.3) is 10.4 Å². The standard InChI is InChI=1S/C14H10BrF3O2S/c15-10-7-11(21-12(10)13-19-5-6-20-13)8-1-3-9(4-2-8)14(16,17)18/h1-4,7,13H,5-6H2. The van der Waals surface area contributed by atoms with Gasteiger partial charge in [-0.3, -0.25) is 0 Å². The average molecular weight is 379 g/mol. The Balaban J connectivity index is 1.88. The highest BCUT2D eigenvalue weighted by Crippen LogP contribution is 2.41. The molecule has 7 heteroatoms. The Morgan fingerprint density at radius 3 is 2.29 bits per heavy atom. The minimum absolute atomic E-state index is 0.396. The molecular formula is C14H10BrF3O2S. The van der Waals surface area contributed by atoms with Crippen molar-refractivity contribution in [3.8, 4) is 10.4 Å². The van der Waals surface area contributed by atoms with Crippen LogP contribution in [0.2, 0.25) is 0 Å². The smallest absolute Gasteiger partial charge is 0.345 e. The van der Waals surface area contributed by atoms with Gasteiger partial charge in [-0.05, 0) is 39.7 Å². The third-order valence-corrected chi connectivity index (χ3v) is 5.17. The lowest BCUT2D eigenvalue weighted by Crippen LogP contribution is -2.03. The van der Waals surface area contributed by atoms with Gasteiger partial charge >= 0.3 is 6.18 Å². The molecule has 0 N–H and O–H groups in total. The van der Waals surface area contributed by atoms with Crippen molar-refractivity contribution in [2.45, 2.75) is 12.5 Å². The lowest BCUT2D eigenvalue weighted by molar-refractivity contribution is -0.137. The molecule has 0 saturated carbocycles. The molecule has 1 fully saturated rings. The number of alkyl halides is 3. The number of hydrogen-bond acceptors (Lipinski definition) is 3. The van der Waals surface area contributed by atoms with E-state index in [0.717, 1.165) is 31.9 Å². The lowest BCUT2D eigenvalue weighted by atomic mass is 10.1. The predicted molar refractivity (Wildman–Crippen MR) is 77.1 cm³/mol. The first-order valence-electron chi connectivity index (χ1n) is 6.15. The number of thiophene rings is 1. The minimum atomic E-state index is -4.31. The summed E-state index contributed by atoms with van der Waals surface area (Å²) in [7, 11) is 0. The van der Waals surface area contributed by atoms with E-state index in [1.54, 1.807) is 0 Å². The number of benzene rings is 1. The zero-order valence-corrected chi connectivity index (χ0v) is 13.0. The van der Waals surface area contributed by atoms with Crippen LogP contribution in [0, 0.1) is 0 Å². The largest absolute Gasteiger partial charge is 0.416 e. The fraction of sp³-hybridized carbons (Fsp3) is 0.286. The Morgan fingerprint density at radius 2 is 1.71 bits per heavy atom. The van der Waals surface area contributed by atoms with Gasteiger partial charge in [-0.25, -0.2) is 0 Å². The zero-order chi connectivity index (χ0) is 15.0. The van der Waals surface area contributed by atoms with Crippen LogP contribution in [0.4, 0.5) is 13.2 Å². The van der Waals surface area contributed by atoms with E-state index in [2.05, 4.69) is 15.9 Å². The monoisotopic (exact) mass is 378 g/mol. The molecule has 2 heterocycles. The van der Waals surface area contributed by atoms with Gasteiger partial charge in [-0.15, -0.1) is 11.3 Å². The molecule has 1 aliphatic heterocycles. The molecule has 3 rings (SSSR count). The summed E-state index contributed by atoms with van der Waals surface area (Å²) in [6.07, 6.45) is -4.71. The van der Waals surface area contributed by atoms with Gasteiger partial charge in [0.05, 0.1) is 23.7 Å². The van der Waals surface area contributed by atoms with Gasteiger partial charge in [-0.1, -0.05) is 12.1 Å². The highest BCUT2D eigenvalue weighted by molar-refractivity contribution is 9.10. The van der Waals surface area contributed by atoms with E-state index in [0.29, 0.717) is 13.2 Å². The highest BCUT2D eigenvalue weighted by atomic mass is 79.9. The first-order chi connectivity index (χ1) is 9.95. The quantitative estimate of drug-likeness (QED) is 0.711. The Morgan fingerprint density at radius 1 is 1.10 bits per heavy atom. The Labute approximate surface area is 131 Å². The zero-order valence-electron chi connectivity index (χ0n) is 10.6. The van der Waals surface area contributed by atoms with Crippen LogP contribution in [0.15, 0.2) is 34.8 Å². The summed E-state index contributed by atoms with van der Waals surface area (Å²) in [6, 6.07) is 6.99. The number of ether oxygens (including phenoxy) is 2. The molecule has 112 valence electrons. The van der Waals surface area contributed by atoms with Crippen molar-refractivity contribution in [1.82, 2.24) is 0 Å². The molecule has 0 unspecified atom stereocenters. The minimum Gasteiger partial charge on any atom is -0.345 e. The van der Waals surface area contributed by atoms with E-state index in [-0.39, 0.29) is 0 Å². The second-order valence-corrected chi connectivity index (χ2v) is 6.41. The van der Waals surface area contributed by atoms with Gasteiger partial charge in [0, 0.05) is 9.35 Å². The maximum absolute atomic E-state index is 12.6. The molecular weight excluding hydrogens is 369 g/mol. The summed E-state index contributed by atoms with van der Waals surface area (Å²) in [6.45, 7) is 1.09. The fourth-order valence-electron chi connectivity index (χ4n) is 2.02. The van der Waals surface area contributed by atoms with E-state index < -0.39 is 18.0 Å². The fourth-order valence-corrected chi connectivity index (χ4v) is 3.89. The van der Waals surface area contributed by atoms with Gasteiger partial charge < -0.3 is 9.47 Å². The Kier molecular flexibility index (Phi) is 4.09. The molecule has 0 amide bonds. The van der Waals surface area contributed by atoms with Gasteiger partial charge in [0.15, 0.2) is 6.29 Å². The van der Waals surface area contributed by atoms with E-state index >= 15 is 0 Å². The van der Waals surface area contributed by atoms with Gasteiger partial charge in [0.1, 0.15) is 0 Å². The topological polar surface area (TPSA) is 18.5 Å². The SMILES string of the molecule is FC(F)(F)c1ccc(-c2cc(Br)c(C3OCCO3)s2)cc1. The second kappa shape index (κ2) is 5.72. The molecule has 21 heavy (non-hydrogen) atoms. The number of rotatable bonds is 2. The summed E-state index contributed by atoms with van der Waals surface area (Å²) in [5.74, 6) is 0. The summed E-state index contributed by atoms with van der Waals surface area (Å²) >= 11 is 4.89. The highest BCUT2D eigenvalue weighted by Gasteiger charge is 2.30. The van der Waals surface area contributed by atoms with Crippen molar-refractivity contribution in [1.29, 1.82) is 0 Å². The number of halogens is 4. The van der Waals surface area contributed by atoms with Crippen molar-refractivity contribution in [2.24, 2.45) is 0 Å². The third kappa shape index (κ3) is 3.15. The molecule has 0 radical (unpaired) electrons. The van der Waals surface area contributed by atoms with Crippen molar-refractivity contribution in [2.75, 3.05) is 13.2 Å². The van der Waals surface area contributed by atoms with Crippen molar-refractivity contribution < 1.29 is 22.6 Å². The Hall–Kier alpha value is -0.890. The van der Waals surface area contributed by atoms with Gasteiger partial charge in [0.25, 0.3) is 0 Å². The van der Waals surface area contributed by atoms with E-state index in [9.17, 15) is 13.2 Å². The van der Waals surface area contributed by atoms with Crippen LogP contribution in [-0.2, 0) is 15.7 Å². The Bertz CT molecular complexity index is 631. The first-order valence-corrected chi connectivity index (χ1v) is 7.76. The predicted octanol–water partition coefficient (Wildman–Crippen LogP) is 5.24. The molecule has 1 aliphatic rings. The molecule has 0 atom stereocenters. The summed E-state index contributed by atoms with van der Waals surface area (Å²) in [5.41, 5.74) is 0.0856. The second-order valence-electron chi connectivity index (χ2n) is 4.47. The molecule has 1 aromatic heterocycles. The van der Waals surface area contributed by atoms with Crippen LogP contribution in [0.5, 0.6) is 0 Å². The molecule has 1 saturated heterocycles. The van der Waals surface area contributed by atoms with E-state index in [1.165, 1.54) is 23.5 Å². The van der Waals surface area contributed by atoms with Crippen LogP contribution in [0.1, 0.15) is 16.7 Å². The summed E-state index contributed by atoms with van der Waals surface area (Å²) in [4.78, 5) is 1.76. The van der Waals surface area contributed by atoms with Crippen LogP contribution < -0.4 is 0 Å². The van der Waals surface area contributed by atoms with Crippen LogP contribution >= 0.6 is 27.3 Å². The van der Waals surface area contributed by atoms with Gasteiger partial charge in [0.2, 0.25) is 0 Å². The first kappa shape index (κ1) is 15.0. The summed E-state index contributed by atoms with van der Waals surface area (Å²) < 4.78 is 49.4. The van der Waals surface area contributed by atoms with Crippen LogP contribution in [0.3, 0.4) is 0 Å². The van der Waals surface area contributed by atoms with Crippen molar-refractivity contribution in [3.63, 3.8) is 0 Å². The van der Waals surface area contributed by atoms with Gasteiger partial charge in [-0.2, -0.15) is 13.2 Å². The van der Waals surface area contributed by atoms with Crippen molar-refractivity contribution in [3.05, 3.63) is 45.2 Å². The van der Waals surface area contributed by atoms with E-state index in [4.69, 9.17) is 9.47 Å². The maximum atomic E-state index is 12.6. The maximum Gasteiger partial charge on any atom is 0.416 e. The molecule has 0 spiro atoms. The molecule has 0 bridgehead atoms. The average Bonchev–Trinajstić information content (AvgIpc) is 3.07.